The second-order valence-corrected chi connectivity index (χ2v) is 6.43. The van der Waals surface area contributed by atoms with Gasteiger partial charge in [0.1, 0.15) is 6.04 Å². The number of likely N-dealkylation sites (tertiary alicyclic amines) is 1. The van der Waals surface area contributed by atoms with E-state index in [4.69, 9.17) is 5.73 Å². The van der Waals surface area contributed by atoms with E-state index in [1.54, 1.807) is 0 Å². The number of amides is 1. The van der Waals surface area contributed by atoms with Gasteiger partial charge in [-0.3, -0.25) is 9.69 Å². The molecule has 0 spiro atoms. The Kier molecular flexibility index (Phi) is 5.62. The molecule has 2 aromatic rings. The van der Waals surface area contributed by atoms with E-state index in [0.29, 0.717) is 0 Å². The van der Waals surface area contributed by atoms with Crippen LogP contribution in [0.15, 0.2) is 60.7 Å². The van der Waals surface area contributed by atoms with Crippen molar-refractivity contribution in [3.63, 3.8) is 0 Å². The Bertz CT molecular complexity index is 636. The lowest BCUT2D eigenvalue weighted by Crippen LogP contribution is -2.46. The fourth-order valence-corrected chi connectivity index (χ4v) is 3.18. The van der Waals surface area contributed by atoms with Crippen molar-refractivity contribution in [2.45, 2.75) is 31.5 Å². The molecule has 0 aromatic heterocycles. The molecular formula is C20H25N3O. The third-order valence-electron chi connectivity index (χ3n) is 4.62. The molecule has 0 aliphatic carbocycles. The third-order valence-corrected chi connectivity index (χ3v) is 4.62. The minimum Gasteiger partial charge on any atom is -0.352 e. The molecule has 3 N–H and O–H groups in total. The summed E-state index contributed by atoms with van der Waals surface area (Å²) in [5.74, 6) is -0.0808. The third kappa shape index (κ3) is 4.43. The molecule has 1 saturated heterocycles. The largest absolute Gasteiger partial charge is 0.352 e. The summed E-state index contributed by atoms with van der Waals surface area (Å²) < 4.78 is 0. The van der Waals surface area contributed by atoms with Crippen molar-refractivity contribution in [2.75, 3.05) is 13.1 Å². The van der Waals surface area contributed by atoms with E-state index in [9.17, 15) is 4.79 Å². The topological polar surface area (TPSA) is 58.4 Å². The van der Waals surface area contributed by atoms with Crippen LogP contribution < -0.4 is 11.1 Å². The van der Waals surface area contributed by atoms with Crippen molar-refractivity contribution in [2.24, 2.45) is 5.73 Å². The highest BCUT2D eigenvalue weighted by Crippen LogP contribution is 2.15. The summed E-state index contributed by atoms with van der Waals surface area (Å²) in [6.07, 6.45) is 1.94. The zero-order valence-electron chi connectivity index (χ0n) is 13.9. The van der Waals surface area contributed by atoms with Crippen LogP contribution in [0.1, 0.15) is 30.0 Å². The van der Waals surface area contributed by atoms with Crippen LogP contribution in [0.4, 0.5) is 0 Å². The van der Waals surface area contributed by atoms with Gasteiger partial charge in [0.2, 0.25) is 5.91 Å². The van der Waals surface area contributed by atoms with E-state index >= 15 is 0 Å². The van der Waals surface area contributed by atoms with Crippen molar-refractivity contribution in [1.29, 1.82) is 0 Å². The Morgan fingerprint density at radius 2 is 1.62 bits per heavy atom. The number of rotatable bonds is 5. The van der Waals surface area contributed by atoms with Crippen LogP contribution in [0.2, 0.25) is 0 Å². The van der Waals surface area contributed by atoms with Gasteiger partial charge < -0.3 is 11.1 Å². The zero-order chi connectivity index (χ0) is 16.8. The highest BCUT2D eigenvalue weighted by Gasteiger charge is 2.23. The monoisotopic (exact) mass is 323 g/mol. The van der Waals surface area contributed by atoms with Gasteiger partial charge in [0.15, 0.2) is 0 Å². The van der Waals surface area contributed by atoms with Gasteiger partial charge in [0.05, 0.1) is 0 Å². The van der Waals surface area contributed by atoms with Gasteiger partial charge in [-0.05, 0) is 24.0 Å². The van der Waals surface area contributed by atoms with Gasteiger partial charge in [0.25, 0.3) is 0 Å². The minimum atomic E-state index is -0.589. The smallest absolute Gasteiger partial charge is 0.241 e. The molecule has 0 radical (unpaired) electrons. The number of benzene rings is 2. The Balaban J connectivity index is 1.46. The molecule has 24 heavy (non-hydrogen) atoms. The number of nitrogens with one attached hydrogen (secondary N) is 1. The fourth-order valence-electron chi connectivity index (χ4n) is 3.18. The quantitative estimate of drug-likeness (QED) is 0.889. The van der Waals surface area contributed by atoms with E-state index in [0.717, 1.165) is 38.0 Å². The van der Waals surface area contributed by atoms with Crippen LogP contribution in [0.25, 0.3) is 0 Å². The van der Waals surface area contributed by atoms with Crippen molar-refractivity contribution >= 4 is 5.91 Å². The number of carbonyl (C=O) groups is 1. The van der Waals surface area contributed by atoms with Crippen molar-refractivity contribution in [1.82, 2.24) is 10.2 Å². The molecule has 1 fully saturated rings. The Morgan fingerprint density at radius 3 is 2.25 bits per heavy atom. The molecule has 126 valence electrons. The maximum absolute atomic E-state index is 12.3. The molecule has 0 saturated carbocycles. The summed E-state index contributed by atoms with van der Waals surface area (Å²) in [5.41, 5.74) is 8.26. The van der Waals surface area contributed by atoms with Crippen LogP contribution in [0, 0.1) is 0 Å². The number of piperidine rings is 1. The van der Waals surface area contributed by atoms with Gasteiger partial charge in [-0.15, -0.1) is 0 Å². The lowest BCUT2D eigenvalue weighted by atomic mass is 10.0. The minimum absolute atomic E-state index is 0.0808. The normalized spacial score (nSPS) is 17.4. The lowest BCUT2D eigenvalue weighted by molar-refractivity contribution is -0.123. The van der Waals surface area contributed by atoms with Crippen molar-refractivity contribution in [3.05, 3.63) is 71.8 Å². The molecule has 1 atom stereocenters. The Morgan fingerprint density at radius 1 is 1.04 bits per heavy atom. The van der Waals surface area contributed by atoms with Crippen LogP contribution in [-0.4, -0.2) is 29.9 Å². The van der Waals surface area contributed by atoms with Gasteiger partial charge >= 0.3 is 0 Å². The molecule has 2 aromatic carbocycles. The first-order chi connectivity index (χ1) is 11.7. The first kappa shape index (κ1) is 16.7. The Labute approximate surface area is 143 Å². The van der Waals surface area contributed by atoms with E-state index in [2.05, 4.69) is 34.5 Å². The Hall–Kier alpha value is -2.17. The number of hydrogen-bond donors (Lipinski definition) is 2. The SMILES string of the molecule is NC(C(=O)NC1CCN(Cc2ccccc2)CC1)c1ccccc1. The van der Waals surface area contributed by atoms with E-state index in [1.165, 1.54) is 5.56 Å². The summed E-state index contributed by atoms with van der Waals surface area (Å²) in [4.78, 5) is 14.8. The summed E-state index contributed by atoms with van der Waals surface area (Å²) in [7, 11) is 0. The number of nitrogens with zero attached hydrogens (tertiary/aromatic N) is 1. The zero-order valence-corrected chi connectivity index (χ0v) is 13.9. The molecule has 1 aliphatic rings. The fraction of sp³-hybridized carbons (Fsp3) is 0.350. The number of nitrogens with two attached hydrogens (primary N) is 1. The standard InChI is InChI=1S/C20H25N3O/c21-19(17-9-5-2-6-10-17)20(24)22-18-11-13-23(14-12-18)15-16-7-3-1-4-8-16/h1-10,18-19H,11-15,21H2,(H,22,24). The van der Waals surface area contributed by atoms with Crippen LogP contribution in [-0.2, 0) is 11.3 Å². The first-order valence-electron chi connectivity index (χ1n) is 8.59. The average Bonchev–Trinajstić information content (AvgIpc) is 2.64. The molecule has 1 heterocycles. The highest BCUT2D eigenvalue weighted by molar-refractivity contribution is 5.83. The van der Waals surface area contributed by atoms with Gasteiger partial charge in [-0.2, -0.15) is 0 Å². The second kappa shape index (κ2) is 8.08. The first-order valence-corrected chi connectivity index (χ1v) is 8.59. The predicted octanol–water partition coefficient (Wildman–Crippen LogP) is 2.47. The van der Waals surface area contributed by atoms with Crippen molar-refractivity contribution in [3.8, 4) is 0 Å². The maximum Gasteiger partial charge on any atom is 0.241 e. The second-order valence-electron chi connectivity index (χ2n) is 6.43. The predicted molar refractivity (Wildman–Crippen MR) is 96.3 cm³/mol. The average molecular weight is 323 g/mol. The molecule has 1 amide bonds. The summed E-state index contributed by atoms with van der Waals surface area (Å²) in [6, 6.07) is 19.7. The van der Waals surface area contributed by atoms with E-state index in [1.807, 2.05) is 36.4 Å². The summed E-state index contributed by atoms with van der Waals surface area (Å²) in [6.45, 7) is 2.98. The molecule has 1 unspecified atom stereocenters. The maximum atomic E-state index is 12.3. The van der Waals surface area contributed by atoms with Crippen LogP contribution in [0.5, 0.6) is 0 Å². The lowest BCUT2D eigenvalue weighted by Gasteiger charge is -2.32. The van der Waals surface area contributed by atoms with Gasteiger partial charge in [0, 0.05) is 25.7 Å². The van der Waals surface area contributed by atoms with E-state index in [-0.39, 0.29) is 11.9 Å². The summed E-state index contributed by atoms with van der Waals surface area (Å²) >= 11 is 0. The molecule has 3 rings (SSSR count). The highest BCUT2D eigenvalue weighted by atomic mass is 16.2. The molecule has 4 heteroatoms. The molecular weight excluding hydrogens is 298 g/mol. The van der Waals surface area contributed by atoms with E-state index < -0.39 is 6.04 Å². The van der Waals surface area contributed by atoms with Gasteiger partial charge in [-0.1, -0.05) is 60.7 Å². The number of carbonyl (C=O) groups excluding carboxylic acids is 1. The molecule has 0 bridgehead atoms. The molecule has 1 aliphatic heterocycles. The number of hydrogen-bond acceptors (Lipinski definition) is 3. The van der Waals surface area contributed by atoms with Gasteiger partial charge in [-0.25, -0.2) is 0 Å². The van der Waals surface area contributed by atoms with Crippen LogP contribution >= 0.6 is 0 Å². The summed E-state index contributed by atoms with van der Waals surface area (Å²) in [5, 5.41) is 3.11. The van der Waals surface area contributed by atoms with Crippen LogP contribution in [0.3, 0.4) is 0 Å². The van der Waals surface area contributed by atoms with Crippen molar-refractivity contribution < 1.29 is 4.79 Å². The molecule has 4 nitrogen and oxygen atoms in total.